The van der Waals surface area contributed by atoms with Crippen LogP contribution in [0.2, 0.25) is 0 Å². The molecule has 0 spiro atoms. The molecule has 1 N–H and O–H groups in total. The fraction of sp³-hybridized carbons (Fsp3) is 0.727. The van der Waals surface area contributed by atoms with Gasteiger partial charge in [-0.3, -0.25) is 0 Å². The molecule has 1 aliphatic heterocycles. The molecule has 1 aromatic rings. The van der Waals surface area contributed by atoms with Gasteiger partial charge in [0.05, 0.1) is 12.0 Å². The Morgan fingerprint density at radius 3 is 2.87 bits per heavy atom. The zero-order valence-electron chi connectivity index (χ0n) is 9.49. The van der Waals surface area contributed by atoms with E-state index in [1.807, 2.05) is 19.6 Å². The summed E-state index contributed by atoms with van der Waals surface area (Å²) in [6.45, 7) is 4.89. The van der Waals surface area contributed by atoms with Crippen LogP contribution >= 0.6 is 0 Å². The van der Waals surface area contributed by atoms with Gasteiger partial charge in [0.15, 0.2) is 0 Å². The van der Waals surface area contributed by atoms with Crippen LogP contribution in [-0.4, -0.2) is 28.3 Å². The van der Waals surface area contributed by atoms with E-state index in [4.69, 9.17) is 4.74 Å². The summed E-state index contributed by atoms with van der Waals surface area (Å²) in [5.74, 6) is 0. The lowest BCUT2D eigenvalue weighted by Gasteiger charge is -2.34. The molecular formula is C11H19N3O. The summed E-state index contributed by atoms with van der Waals surface area (Å²) in [7, 11) is 2.02. The molecule has 2 rings (SSSR count). The second-order valence-corrected chi connectivity index (χ2v) is 4.52. The summed E-state index contributed by atoms with van der Waals surface area (Å²) < 4.78 is 7.42. The molecule has 1 fully saturated rings. The van der Waals surface area contributed by atoms with Crippen LogP contribution in [0.1, 0.15) is 25.5 Å². The minimum absolute atomic E-state index is 0.225. The van der Waals surface area contributed by atoms with Gasteiger partial charge in [-0.05, 0) is 19.8 Å². The lowest BCUT2D eigenvalue weighted by atomic mass is 9.92. The fourth-order valence-corrected chi connectivity index (χ4v) is 1.86. The summed E-state index contributed by atoms with van der Waals surface area (Å²) in [5.41, 5.74) is 1.45. The van der Waals surface area contributed by atoms with Crippen molar-refractivity contribution in [3.05, 3.63) is 18.2 Å². The van der Waals surface area contributed by atoms with E-state index in [9.17, 15) is 0 Å². The highest BCUT2D eigenvalue weighted by molar-refractivity contribution is 4.99. The van der Waals surface area contributed by atoms with Gasteiger partial charge in [0.2, 0.25) is 0 Å². The van der Waals surface area contributed by atoms with Gasteiger partial charge in [-0.15, -0.1) is 0 Å². The molecule has 15 heavy (non-hydrogen) atoms. The fourth-order valence-electron chi connectivity index (χ4n) is 1.86. The number of aromatic nitrogens is 2. The van der Waals surface area contributed by atoms with Gasteiger partial charge >= 0.3 is 0 Å². The zero-order chi connectivity index (χ0) is 10.7. The third kappa shape index (κ3) is 2.58. The molecule has 0 bridgehead atoms. The summed E-state index contributed by atoms with van der Waals surface area (Å²) in [6, 6.07) is 0. The molecule has 0 amide bonds. The number of aryl methyl sites for hydroxylation is 1. The van der Waals surface area contributed by atoms with Crippen LogP contribution in [0.3, 0.4) is 0 Å². The Morgan fingerprint density at radius 2 is 2.27 bits per heavy atom. The number of imidazole rings is 1. The standard InChI is InChI=1S/C11H19N3O/c1-11(3-5-15-6-4-11)13-8-10-7-12-9-14(10)2/h7,9,13H,3-6,8H2,1-2H3. The van der Waals surface area contributed by atoms with Crippen molar-refractivity contribution in [2.75, 3.05) is 13.2 Å². The predicted molar refractivity (Wildman–Crippen MR) is 58.5 cm³/mol. The van der Waals surface area contributed by atoms with Crippen LogP contribution in [0.4, 0.5) is 0 Å². The average Bonchev–Trinajstić information content (AvgIpc) is 2.62. The minimum Gasteiger partial charge on any atom is -0.381 e. The third-order valence-corrected chi connectivity index (χ3v) is 3.21. The van der Waals surface area contributed by atoms with Crippen LogP contribution < -0.4 is 5.32 Å². The van der Waals surface area contributed by atoms with Gasteiger partial charge in [-0.2, -0.15) is 0 Å². The first-order chi connectivity index (χ1) is 7.20. The second-order valence-electron chi connectivity index (χ2n) is 4.52. The first kappa shape index (κ1) is 10.6. The van der Waals surface area contributed by atoms with Crippen molar-refractivity contribution in [2.45, 2.75) is 31.8 Å². The normalized spacial score (nSPS) is 20.4. The average molecular weight is 209 g/mol. The van der Waals surface area contributed by atoms with Crippen molar-refractivity contribution in [3.8, 4) is 0 Å². The number of nitrogens with one attached hydrogen (secondary N) is 1. The van der Waals surface area contributed by atoms with Crippen LogP contribution in [0.5, 0.6) is 0 Å². The van der Waals surface area contributed by atoms with Crippen LogP contribution in [0.25, 0.3) is 0 Å². The summed E-state index contributed by atoms with van der Waals surface area (Å²) >= 11 is 0. The summed E-state index contributed by atoms with van der Waals surface area (Å²) in [4.78, 5) is 4.11. The van der Waals surface area contributed by atoms with E-state index in [2.05, 4.69) is 21.8 Å². The zero-order valence-corrected chi connectivity index (χ0v) is 9.49. The molecule has 0 unspecified atom stereocenters. The van der Waals surface area contributed by atoms with Crippen molar-refractivity contribution in [3.63, 3.8) is 0 Å². The largest absolute Gasteiger partial charge is 0.381 e. The molecule has 0 aromatic carbocycles. The summed E-state index contributed by atoms with van der Waals surface area (Å²) in [6.07, 6.45) is 5.93. The van der Waals surface area contributed by atoms with Crippen molar-refractivity contribution in [1.82, 2.24) is 14.9 Å². The van der Waals surface area contributed by atoms with Gasteiger partial charge in [-0.1, -0.05) is 0 Å². The topological polar surface area (TPSA) is 39.1 Å². The maximum Gasteiger partial charge on any atom is 0.0945 e. The number of nitrogens with zero attached hydrogens (tertiary/aromatic N) is 2. The molecule has 0 aliphatic carbocycles. The molecular weight excluding hydrogens is 190 g/mol. The Balaban J connectivity index is 1.89. The van der Waals surface area contributed by atoms with E-state index in [0.29, 0.717) is 0 Å². The minimum atomic E-state index is 0.225. The van der Waals surface area contributed by atoms with Crippen molar-refractivity contribution < 1.29 is 4.74 Å². The molecule has 4 nitrogen and oxygen atoms in total. The van der Waals surface area contributed by atoms with Crippen molar-refractivity contribution >= 4 is 0 Å². The first-order valence-corrected chi connectivity index (χ1v) is 5.48. The van der Waals surface area contributed by atoms with E-state index in [1.165, 1.54) is 5.69 Å². The van der Waals surface area contributed by atoms with Gasteiger partial charge in [-0.25, -0.2) is 4.98 Å². The molecule has 1 aromatic heterocycles. The highest BCUT2D eigenvalue weighted by atomic mass is 16.5. The molecule has 84 valence electrons. The van der Waals surface area contributed by atoms with Crippen LogP contribution in [0, 0.1) is 0 Å². The lowest BCUT2D eigenvalue weighted by molar-refractivity contribution is 0.0444. The number of hydrogen-bond donors (Lipinski definition) is 1. The highest BCUT2D eigenvalue weighted by Crippen LogP contribution is 2.20. The Hall–Kier alpha value is -0.870. The van der Waals surface area contributed by atoms with Crippen LogP contribution in [-0.2, 0) is 18.3 Å². The molecule has 1 aliphatic rings. The number of ether oxygens (including phenoxy) is 1. The van der Waals surface area contributed by atoms with E-state index in [-0.39, 0.29) is 5.54 Å². The first-order valence-electron chi connectivity index (χ1n) is 5.48. The monoisotopic (exact) mass is 209 g/mol. The molecule has 1 saturated heterocycles. The molecule has 0 atom stereocenters. The Labute approximate surface area is 90.6 Å². The Kier molecular flexibility index (Phi) is 3.07. The van der Waals surface area contributed by atoms with E-state index in [1.54, 1.807) is 0 Å². The van der Waals surface area contributed by atoms with Gasteiger partial charge < -0.3 is 14.6 Å². The Bertz CT molecular complexity index is 315. The SMILES string of the molecule is Cn1cncc1CNC1(C)CCOCC1. The quantitative estimate of drug-likeness (QED) is 0.809. The van der Waals surface area contributed by atoms with Gasteiger partial charge in [0.1, 0.15) is 0 Å². The molecule has 0 saturated carbocycles. The van der Waals surface area contributed by atoms with Crippen molar-refractivity contribution in [1.29, 1.82) is 0 Å². The second kappa shape index (κ2) is 4.33. The number of rotatable bonds is 3. The third-order valence-electron chi connectivity index (χ3n) is 3.21. The van der Waals surface area contributed by atoms with Crippen molar-refractivity contribution in [2.24, 2.45) is 7.05 Å². The molecule has 2 heterocycles. The Morgan fingerprint density at radius 1 is 1.53 bits per heavy atom. The van der Waals surface area contributed by atoms with Gasteiger partial charge in [0, 0.05) is 38.5 Å². The van der Waals surface area contributed by atoms with Crippen LogP contribution in [0.15, 0.2) is 12.5 Å². The van der Waals surface area contributed by atoms with E-state index >= 15 is 0 Å². The van der Waals surface area contributed by atoms with E-state index in [0.717, 1.165) is 32.6 Å². The maximum atomic E-state index is 5.37. The predicted octanol–water partition coefficient (Wildman–Crippen LogP) is 1.08. The molecule has 4 heteroatoms. The van der Waals surface area contributed by atoms with E-state index < -0.39 is 0 Å². The van der Waals surface area contributed by atoms with Gasteiger partial charge in [0.25, 0.3) is 0 Å². The smallest absolute Gasteiger partial charge is 0.0945 e. The highest BCUT2D eigenvalue weighted by Gasteiger charge is 2.26. The molecule has 0 radical (unpaired) electrons. The lowest BCUT2D eigenvalue weighted by Crippen LogP contribution is -2.46. The maximum absolute atomic E-state index is 5.37. The summed E-state index contributed by atoms with van der Waals surface area (Å²) in [5, 5.41) is 3.60. The number of hydrogen-bond acceptors (Lipinski definition) is 3.